The Morgan fingerprint density at radius 2 is 1.90 bits per heavy atom. The SMILES string of the molecule is CCNC(=NCCN(C)CC)N(C)Cc1ccccc1C. The Balaban J connectivity index is 2.66. The molecule has 0 aliphatic heterocycles. The first-order valence-corrected chi connectivity index (χ1v) is 7.81. The number of nitrogens with one attached hydrogen (secondary N) is 1. The molecule has 1 N–H and O–H groups in total. The van der Waals surface area contributed by atoms with Crippen LogP contribution in [0.25, 0.3) is 0 Å². The second-order valence-electron chi connectivity index (χ2n) is 5.41. The van der Waals surface area contributed by atoms with Crippen LogP contribution in [0.4, 0.5) is 0 Å². The van der Waals surface area contributed by atoms with Gasteiger partial charge in [0, 0.05) is 26.7 Å². The molecule has 4 heteroatoms. The Labute approximate surface area is 129 Å². The highest BCUT2D eigenvalue weighted by Gasteiger charge is 2.07. The zero-order valence-corrected chi connectivity index (χ0v) is 14.2. The molecule has 0 saturated carbocycles. The zero-order valence-electron chi connectivity index (χ0n) is 14.2. The third-order valence-corrected chi connectivity index (χ3v) is 3.65. The summed E-state index contributed by atoms with van der Waals surface area (Å²) < 4.78 is 0. The highest BCUT2D eigenvalue weighted by molar-refractivity contribution is 5.79. The van der Waals surface area contributed by atoms with Crippen LogP contribution in [-0.4, -0.2) is 56.0 Å². The molecule has 1 rings (SSSR count). The number of hydrogen-bond acceptors (Lipinski definition) is 2. The predicted molar refractivity (Wildman–Crippen MR) is 91.8 cm³/mol. The molecule has 0 aliphatic carbocycles. The second kappa shape index (κ2) is 9.40. The molecule has 118 valence electrons. The number of nitrogens with zero attached hydrogens (tertiary/aromatic N) is 3. The summed E-state index contributed by atoms with van der Waals surface area (Å²) in [5.74, 6) is 0.977. The van der Waals surface area contributed by atoms with Gasteiger partial charge in [-0.1, -0.05) is 31.2 Å². The number of guanidine groups is 1. The van der Waals surface area contributed by atoms with Crippen molar-refractivity contribution in [2.45, 2.75) is 27.3 Å². The third-order valence-electron chi connectivity index (χ3n) is 3.65. The van der Waals surface area contributed by atoms with Crippen LogP contribution in [0.15, 0.2) is 29.3 Å². The van der Waals surface area contributed by atoms with Crippen LogP contribution in [0.3, 0.4) is 0 Å². The quantitative estimate of drug-likeness (QED) is 0.618. The molecule has 0 bridgehead atoms. The summed E-state index contributed by atoms with van der Waals surface area (Å²) in [7, 11) is 4.22. The Morgan fingerprint density at radius 1 is 1.19 bits per heavy atom. The molecule has 0 heterocycles. The van der Waals surface area contributed by atoms with Gasteiger partial charge in [-0.2, -0.15) is 0 Å². The van der Waals surface area contributed by atoms with Crippen molar-refractivity contribution in [2.75, 3.05) is 40.3 Å². The Kier molecular flexibility index (Phi) is 7.83. The molecule has 0 spiro atoms. The van der Waals surface area contributed by atoms with Gasteiger partial charge in [-0.05, 0) is 38.6 Å². The van der Waals surface area contributed by atoms with Gasteiger partial charge in [0.15, 0.2) is 5.96 Å². The Morgan fingerprint density at radius 3 is 2.52 bits per heavy atom. The molecule has 1 aromatic rings. The van der Waals surface area contributed by atoms with Crippen molar-refractivity contribution in [3.8, 4) is 0 Å². The zero-order chi connectivity index (χ0) is 15.7. The second-order valence-corrected chi connectivity index (χ2v) is 5.41. The summed E-state index contributed by atoms with van der Waals surface area (Å²) in [5.41, 5.74) is 2.67. The molecular formula is C17H30N4. The Hall–Kier alpha value is -1.55. The molecule has 4 nitrogen and oxygen atoms in total. The van der Waals surface area contributed by atoms with Gasteiger partial charge in [-0.3, -0.25) is 4.99 Å². The number of aliphatic imine (C=N–C) groups is 1. The van der Waals surface area contributed by atoms with Gasteiger partial charge in [0.1, 0.15) is 0 Å². The fourth-order valence-corrected chi connectivity index (χ4v) is 2.07. The first kappa shape index (κ1) is 17.5. The molecule has 0 aromatic heterocycles. The number of rotatable bonds is 7. The highest BCUT2D eigenvalue weighted by Crippen LogP contribution is 2.09. The molecule has 0 radical (unpaired) electrons. The van der Waals surface area contributed by atoms with E-state index in [1.165, 1.54) is 11.1 Å². The minimum atomic E-state index is 0.824. The number of hydrogen-bond donors (Lipinski definition) is 1. The van der Waals surface area contributed by atoms with Crippen LogP contribution in [0.1, 0.15) is 25.0 Å². The lowest BCUT2D eigenvalue weighted by molar-refractivity contribution is 0.361. The van der Waals surface area contributed by atoms with Gasteiger partial charge in [0.05, 0.1) is 6.54 Å². The highest BCUT2D eigenvalue weighted by atomic mass is 15.3. The lowest BCUT2D eigenvalue weighted by Crippen LogP contribution is -2.39. The average molecular weight is 290 g/mol. The lowest BCUT2D eigenvalue weighted by atomic mass is 10.1. The maximum absolute atomic E-state index is 4.72. The molecule has 0 saturated heterocycles. The van der Waals surface area contributed by atoms with E-state index in [0.29, 0.717) is 0 Å². The van der Waals surface area contributed by atoms with Crippen molar-refractivity contribution in [1.29, 1.82) is 0 Å². The molecule has 0 unspecified atom stereocenters. The van der Waals surface area contributed by atoms with Crippen LogP contribution in [0, 0.1) is 6.92 Å². The summed E-state index contributed by atoms with van der Waals surface area (Å²) in [4.78, 5) is 9.18. The van der Waals surface area contributed by atoms with Crippen LogP contribution >= 0.6 is 0 Å². The van der Waals surface area contributed by atoms with Gasteiger partial charge < -0.3 is 15.1 Å². The van der Waals surface area contributed by atoms with Crippen molar-refractivity contribution in [3.05, 3.63) is 35.4 Å². The maximum Gasteiger partial charge on any atom is 0.194 e. The Bertz CT molecular complexity index is 442. The minimum Gasteiger partial charge on any atom is -0.357 e. The summed E-state index contributed by atoms with van der Waals surface area (Å²) >= 11 is 0. The van der Waals surface area contributed by atoms with Crippen LogP contribution in [0.5, 0.6) is 0 Å². The van der Waals surface area contributed by atoms with E-state index in [1.807, 2.05) is 0 Å². The van der Waals surface area contributed by atoms with Crippen LogP contribution in [-0.2, 0) is 6.54 Å². The summed E-state index contributed by atoms with van der Waals surface area (Å²) in [5, 5.41) is 3.37. The number of aryl methyl sites for hydroxylation is 1. The van der Waals surface area contributed by atoms with Crippen LogP contribution < -0.4 is 5.32 Å². The van der Waals surface area contributed by atoms with E-state index in [2.05, 4.69) is 74.2 Å². The molecule has 1 aromatic carbocycles. The standard InChI is InChI=1S/C17H30N4/c1-6-18-17(19-12-13-20(4)7-2)21(5)14-16-11-9-8-10-15(16)3/h8-11H,6-7,12-14H2,1-5H3,(H,18,19). The van der Waals surface area contributed by atoms with E-state index in [4.69, 9.17) is 4.99 Å². The predicted octanol–water partition coefficient (Wildman–Crippen LogP) is 2.34. The third kappa shape index (κ3) is 6.17. The van der Waals surface area contributed by atoms with Gasteiger partial charge in [0.25, 0.3) is 0 Å². The fourth-order valence-electron chi connectivity index (χ4n) is 2.07. The van der Waals surface area contributed by atoms with Gasteiger partial charge >= 0.3 is 0 Å². The van der Waals surface area contributed by atoms with Crippen molar-refractivity contribution in [2.24, 2.45) is 4.99 Å². The monoisotopic (exact) mass is 290 g/mol. The first-order chi connectivity index (χ1) is 10.1. The van der Waals surface area contributed by atoms with E-state index in [0.717, 1.165) is 38.7 Å². The topological polar surface area (TPSA) is 30.9 Å². The fraction of sp³-hybridized carbons (Fsp3) is 0.588. The molecule has 0 atom stereocenters. The summed E-state index contributed by atoms with van der Waals surface area (Å²) in [6.45, 7) is 11.1. The molecule has 0 amide bonds. The van der Waals surface area contributed by atoms with E-state index in [1.54, 1.807) is 0 Å². The summed E-state index contributed by atoms with van der Waals surface area (Å²) in [6.07, 6.45) is 0. The molecule has 0 aliphatic rings. The van der Waals surface area contributed by atoms with Gasteiger partial charge in [-0.25, -0.2) is 0 Å². The lowest BCUT2D eigenvalue weighted by Gasteiger charge is -2.23. The number of benzene rings is 1. The average Bonchev–Trinajstić information content (AvgIpc) is 2.48. The van der Waals surface area contributed by atoms with Crippen molar-refractivity contribution < 1.29 is 0 Å². The van der Waals surface area contributed by atoms with E-state index in [9.17, 15) is 0 Å². The van der Waals surface area contributed by atoms with Crippen LogP contribution in [0.2, 0.25) is 0 Å². The smallest absolute Gasteiger partial charge is 0.194 e. The van der Waals surface area contributed by atoms with E-state index in [-0.39, 0.29) is 0 Å². The van der Waals surface area contributed by atoms with Crippen molar-refractivity contribution in [3.63, 3.8) is 0 Å². The first-order valence-electron chi connectivity index (χ1n) is 7.81. The molecule has 21 heavy (non-hydrogen) atoms. The summed E-state index contributed by atoms with van der Waals surface area (Å²) in [6, 6.07) is 8.51. The minimum absolute atomic E-state index is 0.824. The van der Waals surface area contributed by atoms with E-state index < -0.39 is 0 Å². The molecular weight excluding hydrogens is 260 g/mol. The van der Waals surface area contributed by atoms with Crippen molar-refractivity contribution in [1.82, 2.24) is 15.1 Å². The van der Waals surface area contributed by atoms with Crippen molar-refractivity contribution >= 4 is 5.96 Å². The maximum atomic E-state index is 4.72. The molecule has 0 fully saturated rings. The van der Waals surface area contributed by atoms with Gasteiger partial charge in [-0.15, -0.1) is 0 Å². The van der Waals surface area contributed by atoms with E-state index >= 15 is 0 Å². The largest absolute Gasteiger partial charge is 0.357 e. The normalized spacial score (nSPS) is 11.8. The van der Waals surface area contributed by atoms with Gasteiger partial charge in [0.2, 0.25) is 0 Å². The number of likely N-dealkylation sites (N-methyl/N-ethyl adjacent to an activating group) is 1.